The summed E-state index contributed by atoms with van der Waals surface area (Å²) in [6, 6.07) is 3.59. The van der Waals surface area contributed by atoms with Gasteiger partial charge >= 0.3 is 0 Å². The SMILES string of the molecule is COc1cc(OC)c(-c2nc(C)c(C(C)N)s2)c(OC)c1. The molecule has 1 aromatic carbocycles. The first-order valence-corrected chi connectivity index (χ1v) is 7.36. The number of nitrogens with two attached hydrogens (primary N) is 1. The number of hydrogen-bond acceptors (Lipinski definition) is 6. The van der Waals surface area contributed by atoms with Crippen LogP contribution >= 0.6 is 11.3 Å². The highest BCUT2D eigenvalue weighted by Crippen LogP contribution is 2.44. The second kappa shape index (κ2) is 6.32. The van der Waals surface area contributed by atoms with Crippen LogP contribution in [0.1, 0.15) is 23.5 Å². The van der Waals surface area contributed by atoms with E-state index >= 15 is 0 Å². The number of methoxy groups -OCH3 is 3. The molecule has 2 N–H and O–H groups in total. The van der Waals surface area contributed by atoms with Crippen LogP contribution in [0.25, 0.3) is 10.6 Å². The molecule has 1 atom stereocenters. The highest BCUT2D eigenvalue weighted by molar-refractivity contribution is 7.15. The van der Waals surface area contributed by atoms with E-state index in [1.54, 1.807) is 32.7 Å². The molecule has 0 radical (unpaired) electrons. The molecule has 0 aliphatic heterocycles. The van der Waals surface area contributed by atoms with E-state index in [1.165, 1.54) is 0 Å². The molecule has 0 fully saturated rings. The molecule has 1 aromatic heterocycles. The molecule has 2 rings (SSSR count). The Labute approximate surface area is 128 Å². The van der Waals surface area contributed by atoms with Crippen LogP contribution in [-0.4, -0.2) is 26.3 Å². The Morgan fingerprint density at radius 2 is 1.67 bits per heavy atom. The Hall–Kier alpha value is -1.79. The number of aryl methyl sites for hydroxylation is 1. The van der Waals surface area contributed by atoms with Crippen molar-refractivity contribution in [2.24, 2.45) is 5.73 Å². The first kappa shape index (κ1) is 15.6. The van der Waals surface area contributed by atoms with E-state index in [4.69, 9.17) is 19.9 Å². The van der Waals surface area contributed by atoms with Crippen LogP contribution in [0.2, 0.25) is 0 Å². The monoisotopic (exact) mass is 308 g/mol. The lowest BCUT2D eigenvalue weighted by Gasteiger charge is -2.13. The number of benzene rings is 1. The van der Waals surface area contributed by atoms with Crippen molar-refractivity contribution in [1.29, 1.82) is 0 Å². The standard InChI is InChI=1S/C15H20N2O3S/c1-8(16)14-9(2)17-15(21-14)13-11(19-4)6-10(18-3)7-12(13)20-5/h6-8H,16H2,1-5H3. The Balaban J connectivity index is 2.64. The third-order valence-electron chi connectivity index (χ3n) is 3.17. The molecule has 0 aliphatic rings. The van der Waals surface area contributed by atoms with Gasteiger partial charge in [0, 0.05) is 23.1 Å². The van der Waals surface area contributed by atoms with Crippen molar-refractivity contribution >= 4 is 11.3 Å². The third kappa shape index (κ3) is 2.96. The summed E-state index contributed by atoms with van der Waals surface area (Å²) in [4.78, 5) is 5.67. The van der Waals surface area contributed by atoms with Gasteiger partial charge in [0.25, 0.3) is 0 Å². The molecular formula is C15H20N2O3S. The minimum Gasteiger partial charge on any atom is -0.496 e. The minimum absolute atomic E-state index is 0.0495. The molecule has 0 saturated carbocycles. The summed E-state index contributed by atoms with van der Waals surface area (Å²) >= 11 is 1.56. The maximum Gasteiger partial charge on any atom is 0.136 e. The largest absolute Gasteiger partial charge is 0.496 e. The first-order chi connectivity index (χ1) is 10.0. The van der Waals surface area contributed by atoms with Crippen LogP contribution in [0, 0.1) is 6.92 Å². The van der Waals surface area contributed by atoms with Crippen molar-refractivity contribution < 1.29 is 14.2 Å². The fourth-order valence-corrected chi connectivity index (χ4v) is 3.23. The minimum atomic E-state index is -0.0495. The molecule has 0 aliphatic carbocycles. The van der Waals surface area contributed by atoms with Gasteiger partial charge < -0.3 is 19.9 Å². The number of hydrogen-bond donors (Lipinski definition) is 1. The van der Waals surface area contributed by atoms with E-state index in [9.17, 15) is 0 Å². The maximum atomic E-state index is 5.98. The van der Waals surface area contributed by atoms with Crippen LogP contribution in [0.3, 0.4) is 0 Å². The fourth-order valence-electron chi connectivity index (χ4n) is 2.15. The second-order valence-electron chi connectivity index (χ2n) is 4.66. The Morgan fingerprint density at radius 3 is 2.05 bits per heavy atom. The van der Waals surface area contributed by atoms with Crippen LogP contribution in [0.5, 0.6) is 17.2 Å². The van der Waals surface area contributed by atoms with E-state index in [0.717, 1.165) is 21.1 Å². The molecule has 2 aromatic rings. The van der Waals surface area contributed by atoms with Gasteiger partial charge in [-0.15, -0.1) is 11.3 Å². The van der Waals surface area contributed by atoms with Crippen molar-refractivity contribution in [3.63, 3.8) is 0 Å². The third-order valence-corrected chi connectivity index (χ3v) is 4.55. The number of ether oxygens (including phenoxy) is 3. The fraction of sp³-hybridized carbons (Fsp3) is 0.400. The van der Waals surface area contributed by atoms with Gasteiger partial charge in [0.05, 0.1) is 32.6 Å². The summed E-state index contributed by atoms with van der Waals surface area (Å²) in [6.07, 6.45) is 0. The molecule has 5 nitrogen and oxygen atoms in total. The van der Waals surface area contributed by atoms with Gasteiger partial charge in [-0.05, 0) is 13.8 Å². The highest BCUT2D eigenvalue weighted by atomic mass is 32.1. The first-order valence-electron chi connectivity index (χ1n) is 6.55. The van der Waals surface area contributed by atoms with E-state index < -0.39 is 0 Å². The number of aromatic nitrogens is 1. The predicted octanol–water partition coefficient (Wildman–Crippen LogP) is 3.16. The predicted molar refractivity (Wildman–Crippen MR) is 84.5 cm³/mol. The molecule has 21 heavy (non-hydrogen) atoms. The molecule has 6 heteroatoms. The van der Waals surface area contributed by atoms with Crippen molar-refractivity contribution in [2.75, 3.05) is 21.3 Å². The van der Waals surface area contributed by atoms with Gasteiger partial charge in [0.1, 0.15) is 22.3 Å². The highest BCUT2D eigenvalue weighted by Gasteiger charge is 2.20. The van der Waals surface area contributed by atoms with Crippen LogP contribution in [-0.2, 0) is 0 Å². The van der Waals surface area contributed by atoms with Gasteiger partial charge in [-0.25, -0.2) is 4.98 Å². The van der Waals surface area contributed by atoms with E-state index in [1.807, 2.05) is 26.0 Å². The molecule has 1 unspecified atom stereocenters. The smallest absolute Gasteiger partial charge is 0.136 e. The van der Waals surface area contributed by atoms with Crippen molar-refractivity contribution in [3.8, 4) is 27.8 Å². The Morgan fingerprint density at radius 1 is 1.10 bits per heavy atom. The molecule has 114 valence electrons. The van der Waals surface area contributed by atoms with Gasteiger partial charge in [0.15, 0.2) is 0 Å². The zero-order valence-corrected chi connectivity index (χ0v) is 13.7. The van der Waals surface area contributed by atoms with E-state index in [0.29, 0.717) is 17.2 Å². The van der Waals surface area contributed by atoms with Crippen LogP contribution in [0.4, 0.5) is 0 Å². The summed E-state index contributed by atoms with van der Waals surface area (Å²) in [7, 11) is 4.84. The summed E-state index contributed by atoms with van der Waals surface area (Å²) in [5.41, 5.74) is 7.74. The normalized spacial score (nSPS) is 12.1. The zero-order chi connectivity index (χ0) is 15.6. The molecule has 1 heterocycles. The quantitative estimate of drug-likeness (QED) is 0.919. The molecule has 0 amide bonds. The molecule has 0 saturated heterocycles. The maximum absolute atomic E-state index is 5.98. The lowest BCUT2D eigenvalue weighted by Crippen LogP contribution is -2.03. The zero-order valence-electron chi connectivity index (χ0n) is 12.9. The summed E-state index contributed by atoms with van der Waals surface area (Å²) in [6.45, 7) is 3.91. The van der Waals surface area contributed by atoms with E-state index in [2.05, 4.69) is 4.98 Å². The Bertz CT molecular complexity index is 613. The average molecular weight is 308 g/mol. The van der Waals surface area contributed by atoms with Crippen molar-refractivity contribution in [1.82, 2.24) is 4.98 Å². The second-order valence-corrected chi connectivity index (χ2v) is 5.69. The van der Waals surface area contributed by atoms with Crippen LogP contribution < -0.4 is 19.9 Å². The van der Waals surface area contributed by atoms with Gasteiger partial charge in [0.2, 0.25) is 0 Å². The summed E-state index contributed by atoms with van der Waals surface area (Å²) in [5.74, 6) is 2.00. The summed E-state index contributed by atoms with van der Waals surface area (Å²) < 4.78 is 16.2. The van der Waals surface area contributed by atoms with Gasteiger partial charge in [-0.1, -0.05) is 0 Å². The van der Waals surface area contributed by atoms with Crippen molar-refractivity contribution in [3.05, 3.63) is 22.7 Å². The number of rotatable bonds is 5. The van der Waals surface area contributed by atoms with Crippen LogP contribution in [0.15, 0.2) is 12.1 Å². The van der Waals surface area contributed by atoms with E-state index in [-0.39, 0.29) is 6.04 Å². The molecule has 0 spiro atoms. The van der Waals surface area contributed by atoms with Gasteiger partial charge in [-0.2, -0.15) is 0 Å². The lowest BCUT2D eigenvalue weighted by atomic mass is 10.1. The topological polar surface area (TPSA) is 66.6 Å². The molecule has 0 bridgehead atoms. The number of nitrogens with zero attached hydrogens (tertiary/aromatic N) is 1. The van der Waals surface area contributed by atoms with Crippen molar-refractivity contribution in [2.45, 2.75) is 19.9 Å². The summed E-state index contributed by atoms with van der Waals surface area (Å²) in [5, 5.41) is 0.830. The molecular weight excluding hydrogens is 288 g/mol. The average Bonchev–Trinajstić information content (AvgIpc) is 2.87. The Kier molecular flexibility index (Phi) is 4.69. The van der Waals surface area contributed by atoms with Gasteiger partial charge in [-0.3, -0.25) is 0 Å². The number of thiazole rings is 1. The lowest BCUT2D eigenvalue weighted by molar-refractivity contribution is 0.377.